The van der Waals surface area contributed by atoms with Gasteiger partial charge < -0.3 is 10.0 Å². The highest BCUT2D eigenvalue weighted by atomic mass is 16.3. The minimum absolute atomic E-state index is 0.130. The molecule has 3 heterocycles. The number of rotatable bonds is 4. The van der Waals surface area contributed by atoms with Gasteiger partial charge in [-0.2, -0.15) is 0 Å². The third-order valence-corrected chi connectivity index (χ3v) is 5.84. The summed E-state index contributed by atoms with van der Waals surface area (Å²) >= 11 is 0. The molecule has 0 aliphatic carbocycles. The first kappa shape index (κ1) is 19.0. The molecular formula is C22H28N4O2. The monoisotopic (exact) mass is 380 g/mol. The van der Waals surface area contributed by atoms with Crippen LogP contribution in [-0.2, 0) is 24.2 Å². The van der Waals surface area contributed by atoms with Crippen molar-refractivity contribution in [2.75, 3.05) is 19.6 Å². The van der Waals surface area contributed by atoms with Gasteiger partial charge in [-0.05, 0) is 30.4 Å². The van der Waals surface area contributed by atoms with Gasteiger partial charge >= 0.3 is 0 Å². The zero-order chi connectivity index (χ0) is 19.5. The van der Waals surface area contributed by atoms with Crippen molar-refractivity contribution >= 4 is 5.91 Å². The summed E-state index contributed by atoms with van der Waals surface area (Å²) < 4.78 is 0. The molecule has 2 aliphatic rings. The molecule has 28 heavy (non-hydrogen) atoms. The summed E-state index contributed by atoms with van der Waals surface area (Å²) in [5, 5.41) is 9.89. The van der Waals surface area contributed by atoms with Crippen LogP contribution in [0.15, 0.2) is 36.5 Å². The SMILES string of the molecule is CCc1ncc2c(n1)CN(C(=O)C(c1ccccc1)N1CCC(O)CC1)CC2. The van der Waals surface area contributed by atoms with E-state index in [-0.39, 0.29) is 18.1 Å². The zero-order valence-electron chi connectivity index (χ0n) is 16.4. The van der Waals surface area contributed by atoms with Gasteiger partial charge in [-0.15, -0.1) is 0 Å². The Labute approximate surface area is 166 Å². The van der Waals surface area contributed by atoms with Crippen LogP contribution in [0, 0.1) is 0 Å². The lowest BCUT2D eigenvalue weighted by Gasteiger charge is -2.39. The number of nitrogens with zero attached hydrogens (tertiary/aromatic N) is 4. The molecule has 0 saturated carbocycles. The molecule has 1 fully saturated rings. The average Bonchev–Trinajstić information content (AvgIpc) is 2.75. The van der Waals surface area contributed by atoms with E-state index in [4.69, 9.17) is 0 Å². The minimum Gasteiger partial charge on any atom is -0.393 e. The number of hydrogen-bond acceptors (Lipinski definition) is 5. The summed E-state index contributed by atoms with van der Waals surface area (Å²) in [5.74, 6) is 0.961. The molecule has 0 radical (unpaired) electrons. The Morgan fingerprint density at radius 2 is 1.96 bits per heavy atom. The summed E-state index contributed by atoms with van der Waals surface area (Å²) in [6.45, 7) is 4.76. The first-order valence-corrected chi connectivity index (χ1v) is 10.2. The number of fused-ring (bicyclic) bond motifs is 1. The van der Waals surface area contributed by atoms with E-state index in [2.05, 4.69) is 14.9 Å². The molecule has 4 rings (SSSR count). The maximum atomic E-state index is 13.6. The Balaban J connectivity index is 1.58. The van der Waals surface area contributed by atoms with Gasteiger partial charge in [0, 0.05) is 32.3 Å². The van der Waals surface area contributed by atoms with Crippen LogP contribution >= 0.6 is 0 Å². The lowest BCUT2D eigenvalue weighted by atomic mass is 9.98. The lowest BCUT2D eigenvalue weighted by Crippen LogP contribution is -2.48. The number of aliphatic hydroxyl groups is 1. The largest absolute Gasteiger partial charge is 0.393 e. The van der Waals surface area contributed by atoms with Gasteiger partial charge in [-0.25, -0.2) is 9.97 Å². The highest BCUT2D eigenvalue weighted by molar-refractivity contribution is 5.83. The van der Waals surface area contributed by atoms with Crippen LogP contribution in [0.25, 0.3) is 0 Å². The Kier molecular flexibility index (Phi) is 5.69. The smallest absolute Gasteiger partial charge is 0.244 e. The molecule has 1 saturated heterocycles. The Morgan fingerprint density at radius 3 is 2.68 bits per heavy atom. The van der Waals surface area contributed by atoms with Gasteiger partial charge in [0.05, 0.1) is 18.3 Å². The molecule has 0 bridgehead atoms. The second-order valence-corrected chi connectivity index (χ2v) is 7.70. The maximum absolute atomic E-state index is 13.6. The van der Waals surface area contributed by atoms with E-state index in [0.717, 1.165) is 48.6 Å². The topological polar surface area (TPSA) is 69.6 Å². The number of benzene rings is 1. The van der Waals surface area contributed by atoms with Crippen molar-refractivity contribution < 1.29 is 9.90 Å². The van der Waals surface area contributed by atoms with Crippen LogP contribution in [0.5, 0.6) is 0 Å². The fourth-order valence-corrected chi connectivity index (χ4v) is 4.16. The minimum atomic E-state index is -0.303. The number of aryl methyl sites for hydroxylation is 1. The molecule has 0 spiro atoms. The van der Waals surface area contributed by atoms with Crippen LogP contribution in [0.4, 0.5) is 0 Å². The number of carbonyl (C=O) groups is 1. The Morgan fingerprint density at radius 1 is 1.21 bits per heavy atom. The first-order chi connectivity index (χ1) is 13.7. The second kappa shape index (κ2) is 8.37. The molecule has 1 N–H and O–H groups in total. The van der Waals surface area contributed by atoms with Gasteiger partial charge in [0.15, 0.2) is 0 Å². The van der Waals surface area contributed by atoms with E-state index < -0.39 is 0 Å². The van der Waals surface area contributed by atoms with Gasteiger partial charge in [0.1, 0.15) is 11.9 Å². The molecule has 2 aromatic rings. The van der Waals surface area contributed by atoms with E-state index in [1.54, 1.807) is 0 Å². The van der Waals surface area contributed by atoms with Gasteiger partial charge in [-0.3, -0.25) is 9.69 Å². The van der Waals surface area contributed by atoms with Crippen LogP contribution in [-0.4, -0.2) is 56.5 Å². The number of likely N-dealkylation sites (tertiary alicyclic amines) is 1. The molecule has 1 amide bonds. The van der Waals surface area contributed by atoms with E-state index in [0.29, 0.717) is 25.9 Å². The Bertz CT molecular complexity index is 819. The second-order valence-electron chi connectivity index (χ2n) is 7.70. The van der Waals surface area contributed by atoms with Crippen LogP contribution in [0.1, 0.15) is 48.5 Å². The summed E-state index contributed by atoms with van der Waals surface area (Å²) in [6, 6.07) is 9.71. The number of amides is 1. The van der Waals surface area contributed by atoms with Crippen LogP contribution in [0.3, 0.4) is 0 Å². The third kappa shape index (κ3) is 3.93. The Hall–Kier alpha value is -2.31. The van der Waals surface area contributed by atoms with E-state index in [1.165, 1.54) is 0 Å². The number of piperidine rings is 1. The molecule has 1 unspecified atom stereocenters. The molecule has 2 aliphatic heterocycles. The fraction of sp³-hybridized carbons (Fsp3) is 0.500. The molecule has 1 aromatic heterocycles. The molecule has 6 heteroatoms. The van der Waals surface area contributed by atoms with Gasteiger partial charge in [-0.1, -0.05) is 37.3 Å². The van der Waals surface area contributed by atoms with Gasteiger partial charge in [0.2, 0.25) is 5.91 Å². The van der Waals surface area contributed by atoms with E-state index in [1.807, 2.05) is 48.4 Å². The molecule has 1 atom stereocenters. The number of carbonyl (C=O) groups excluding carboxylic acids is 1. The first-order valence-electron chi connectivity index (χ1n) is 10.2. The van der Waals surface area contributed by atoms with Crippen molar-refractivity contribution in [3.63, 3.8) is 0 Å². The van der Waals surface area contributed by atoms with Gasteiger partial charge in [0.25, 0.3) is 0 Å². The summed E-state index contributed by atoms with van der Waals surface area (Å²) in [5.41, 5.74) is 3.15. The quantitative estimate of drug-likeness (QED) is 0.880. The number of aromatic nitrogens is 2. The summed E-state index contributed by atoms with van der Waals surface area (Å²) in [6.07, 6.45) is 4.69. The van der Waals surface area contributed by atoms with Crippen LogP contribution < -0.4 is 0 Å². The zero-order valence-corrected chi connectivity index (χ0v) is 16.4. The van der Waals surface area contributed by atoms with E-state index in [9.17, 15) is 9.90 Å². The third-order valence-electron chi connectivity index (χ3n) is 5.84. The summed E-state index contributed by atoms with van der Waals surface area (Å²) in [4.78, 5) is 26.8. The molecule has 1 aromatic carbocycles. The normalized spacial score (nSPS) is 19.3. The highest BCUT2D eigenvalue weighted by Gasteiger charge is 2.34. The van der Waals surface area contributed by atoms with Crippen molar-refractivity contribution in [2.45, 2.75) is 51.3 Å². The average molecular weight is 380 g/mol. The van der Waals surface area contributed by atoms with Crippen molar-refractivity contribution in [3.8, 4) is 0 Å². The lowest BCUT2D eigenvalue weighted by molar-refractivity contribution is -0.139. The van der Waals surface area contributed by atoms with Crippen molar-refractivity contribution in [1.29, 1.82) is 0 Å². The fourth-order valence-electron chi connectivity index (χ4n) is 4.16. The van der Waals surface area contributed by atoms with Crippen molar-refractivity contribution in [3.05, 3.63) is 59.2 Å². The molecule has 6 nitrogen and oxygen atoms in total. The predicted octanol–water partition coefficient (Wildman–Crippen LogP) is 2.12. The molecule has 148 valence electrons. The number of hydrogen-bond donors (Lipinski definition) is 1. The van der Waals surface area contributed by atoms with Crippen molar-refractivity contribution in [1.82, 2.24) is 19.8 Å². The number of aliphatic hydroxyl groups excluding tert-OH is 1. The van der Waals surface area contributed by atoms with Crippen LogP contribution in [0.2, 0.25) is 0 Å². The van der Waals surface area contributed by atoms with E-state index >= 15 is 0 Å². The predicted molar refractivity (Wildman–Crippen MR) is 107 cm³/mol. The highest BCUT2D eigenvalue weighted by Crippen LogP contribution is 2.29. The standard InChI is InChI=1S/C22H28N4O2/c1-2-20-23-14-17-8-11-26(15-19(17)24-20)22(28)21(16-6-4-3-5-7-16)25-12-9-18(27)10-13-25/h3-7,14,18,21,27H,2,8-13,15H2,1H3. The maximum Gasteiger partial charge on any atom is 0.244 e. The summed E-state index contributed by atoms with van der Waals surface area (Å²) in [7, 11) is 0. The molecular weight excluding hydrogens is 352 g/mol. The van der Waals surface area contributed by atoms with Crippen molar-refractivity contribution in [2.24, 2.45) is 0 Å².